The molecule has 0 bridgehead atoms. The summed E-state index contributed by atoms with van der Waals surface area (Å²) in [5.41, 5.74) is 5.44. The number of benzene rings is 1. The van der Waals surface area contributed by atoms with E-state index in [2.05, 4.69) is 0 Å². The number of nitrogens with two attached hydrogens (primary N) is 1. The van der Waals surface area contributed by atoms with Crippen LogP contribution in [0.2, 0.25) is 5.02 Å². The van der Waals surface area contributed by atoms with Crippen LogP contribution in [0.25, 0.3) is 0 Å². The molecule has 1 aromatic carbocycles. The van der Waals surface area contributed by atoms with E-state index in [0.29, 0.717) is 0 Å². The fourth-order valence-corrected chi connectivity index (χ4v) is 1.07. The third-order valence-corrected chi connectivity index (χ3v) is 1.79. The third-order valence-electron chi connectivity index (χ3n) is 1.38. The molecule has 0 radical (unpaired) electrons. The first-order chi connectivity index (χ1) is 5.66. The molecule has 0 unspecified atom stereocenters. The Balaban J connectivity index is 3.35. The molecule has 0 aliphatic heterocycles. The molecule has 0 spiro atoms. The van der Waals surface area contributed by atoms with Crippen molar-refractivity contribution in [2.45, 2.75) is 0 Å². The number of rotatable bonds is 1. The van der Waals surface area contributed by atoms with Gasteiger partial charge in [0.15, 0.2) is 0 Å². The minimum absolute atomic E-state index is 0.118. The van der Waals surface area contributed by atoms with Gasteiger partial charge in [-0.15, -0.1) is 0 Å². The summed E-state index contributed by atoms with van der Waals surface area (Å²) in [4.78, 5) is 10.7. The second-order valence-electron chi connectivity index (χ2n) is 2.14. The van der Waals surface area contributed by atoms with Gasteiger partial charge in [-0.05, 0) is 12.1 Å². The van der Waals surface area contributed by atoms with E-state index in [0.717, 1.165) is 0 Å². The van der Waals surface area contributed by atoms with Gasteiger partial charge >= 0.3 is 0 Å². The average Bonchev–Trinajstić information content (AvgIpc) is 2.04. The molecule has 60 valence electrons. The van der Waals surface area contributed by atoms with Crippen LogP contribution in [-0.2, 0) is 0 Å². The Bertz CT molecular complexity index is 368. The fraction of sp³-hybridized carbons (Fsp3) is 0. The highest BCUT2D eigenvalue weighted by molar-refractivity contribution is 6.34. The molecule has 1 amide bonds. The van der Waals surface area contributed by atoms with Gasteiger partial charge in [-0.2, -0.15) is 5.26 Å². The number of nitriles is 1. The van der Waals surface area contributed by atoms with Crippen LogP contribution in [0, 0.1) is 11.3 Å². The van der Waals surface area contributed by atoms with Crippen molar-refractivity contribution in [3.05, 3.63) is 34.3 Å². The lowest BCUT2D eigenvalue weighted by molar-refractivity contribution is 0.100. The average molecular weight is 181 g/mol. The molecule has 2 N–H and O–H groups in total. The van der Waals surface area contributed by atoms with Gasteiger partial charge in [-0.1, -0.05) is 17.7 Å². The van der Waals surface area contributed by atoms with Crippen molar-refractivity contribution in [2.75, 3.05) is 0 Å². The summed E-state index contributed by atoms with van der Waals surface area (Å²) in [6.07, 6.45) is 0. The minimum Gasteiger partial charge on any atom is -0.366 e. The van der Waals surface area contributed by atoms with Gasteiger partial charge in [0, 0.05) is 0 Å². The third kappa shape index (κ3) is 1.39. The number of hydrogen-bond donors (Lipinski definition) is 1. The highest BCUT2D eigenvalue weighted by Gasteiger charge is 2.08. The highest BCUT2D eigenvalue weighted by Crippen LogP contribution is 2.19. The van der Waals surface area contributed by atoms with Crippen molar-refractivity contribution < 1.29 is 4.79 Å². The van der Waals surface area contributed by atoms with Gasteiger partial charge in [-0.25, -0.2) is 0 Å². The van der Waals surface area contributed by atoms with E-state index in [4.69, 9.17) is 22.6 Å². The predicted octanol–water partition coefficient (Wildman–Crippen LogP) is 1.31. The molecule has 0 saturated heterocycles. The molecule has 12 heavy (non-hydrogen) atoms. The second-order valence-corrected chi connectivity index (χ2v) is 2.52. The maximum absolute atomic E-state index is 10.7. The van der Waals surface area contributed by atoms with Gasteiger partial charge in [0.25, 0.3) is 0 Å². The molecule has 0 aliphatic carbocycles. The summed E-state index contributed by atoms with van der Waals surface area (Å²) < 4.78 is 0. The van der Waals surface area contributed by atoms with E-state index >= 15 is 0 Å². The number of hydrogen-bond acceptors (Lipinski definition) is 2. The quantitative estimate of drug-likeness (QED) is 0.708. The summed E-state index contributed by atoms with van der Waals surface area (Å²) in [6, 6.07) is 6.41. The first-order valence-corrected chi connectivity index (χ1v) is 3.53. The zero-order chi connectivity index (χ0) is 9.14. The number of primary amides is 1. The van der Waals surface area contributed by atoms with Gasteiger partial charge in [0.1, 0.15) is 6.07 Å². The van der Waals surface area contributed by atoms with Crippen LogP contribution in [0.3, 0.4) is 0 Å². The summed E-state index contributed by atoms with van der Waals surface area (Å²) in [5, 5.41) is 8.66. The largest absolute Gasteiger partial charge is 0.366 e. The van der Waals surface area contributed by atoms with Crippen molar-refractivity contribution in [1.29, 1.82) is 5.26 Å². The number of carbonyl (C=O) groups excluding carboxylic acids is 1. The molecule has 0 aliphatic rings. The van der Waals surface area contributed by atoms with E-state index < -0.39 is 5.91 Å². The summed E-state index contributed by atoms with van der Waals surface area (Å²) >= 11 is 5.68. The lowest BCUT2D eigenvalue weighted by Crippen LogP contribution is -2.11. The Morgan fingerprint density at radius 3 is 2.75 bits per heavy atom. The van der Waals surface area contributed by atoms with E-state index in [9.17, 15) is 4.79 Å². The lowest BCUT2D eigenvalue weighted by Gasteiger charge is -1.99. The summed E-state index contributed by atoms with van der Waals surface area (Å²) in [6.45, 7) is 0. The molecule has 1 rings (SSSR count). The summed E-state index contributed by atoms with van der Waals surface area (Å²) in [5.74, 6) is -0.628. The molecular formula is C8H5ClN2O. The van der Waals surface area contributed by atoms with Crippen LogP contribution in [-0.4, -0.2) is 5.91 Å². The van der Waals surface area contributed by atoms with Crippen molar-refractivity contribution >= 4 is 17.5 Å². The topological polar surface area (TPSA) is 66.9 Å². The maximum atomic E-state index is 10.7. The van der Waals surface area contributed by atoms with Gasteiger partial charge in [0.05, 0.1) is 16.1 Å². The molecule has 1 aromatic rings. The van der Waals surface area contributed by atoms with E-state index in [1.165, 1.54) is 12.1 Å². The van der Waals surface area contributed by atoms with Crippen molar-refractivity contribution in [3.63, 3.8) is 0 Å². The Morgan fingerprint density at radius 2 is 2.25 bits per heavy atom. The zero-order valence-electron chi connectivity index (χ0n) is 6.04. The van der Waals surface area contributed by atoms with Crippen LogP contribution in [0.4, 0.5) is 0 Å². The maximum Gasteiger partial charge on any atom is 0.250 e. The van der Waals surface area contributed by atoms with Crippen LogP contribution in [0.1, 0.15) is 15.9 Å². The van der Waals surface area contributed by atoms with Crippen molar-refractivity contribution in [1.82, 2.24) is 0 Å². The van der Waals surface area contributed by atoms with E-state index in [-0.39, 0.29) is 16.1 Å². The SMILES string of the molecule is N#Cc1cccc(C(N)=O)c1Cl. The Hall–Kier alpha value is -1.53. The molecule has 0 atom stereocenters. The first kappa shape index (κ1) is 8.57. The minimum atomic E-state index is -0.628. The van der Waals surface area contributed by atoms with Crippen LogP contribution < -0.4 is 5.73 Å². The number of halogens is 1. The van der Waals surface area contributed by atoms with Crippen molar-refractivity contribution in [3.8, 4) is 6.07 Å². The van der Waals surface area contributed by atoms with E-state index in [1.807, 2.05) is 6.07 Å². The van der Waals surface area contributed by atoms with Crippen LogP contribution in [0.5, 0.6) is 0 Å². The molecule has 0 aromatic heterocycles. The Kier molecular flexibility index (Phi) is 2.32. The molecule has 0 heterocycles. The smallest absolute Gasteiger partial charge is 0.250 e. The number of amides is 1. The molecule has 0 fully saturated rings. The van der Waals surface area contributed by atoms with Gasteiger partial charge < -0.3 is 5.73 Å². The molecule has 4 heteroatoms. The predicted molar refractivity (Wildman–Crippen MR) is 44.7 cm³/mol. The Morgan fingerprint density at radius 1 is 1.58 bits per heavy atom. The number of carbonyl (C=O) groups is 1. The molecule has 0 saturated carbocycles. The normalized spacial score (nSPS) is 9.00. The zero-order valence-corrected chi connectivity index (χ0v) is 6.80. The molecule has 3 nitrogen and oxygen atoms in total. The van der Waals surface area contributed by atoms with Crippen LogP contribution in [0.15, 0.2) is 18.2 Å². The molecular weight excluding hydrogens is 176 g/mol. The van der Waals surface area contributed by atoms with Gasteiger partial charge in [-0.3, -0.25) is 4.79 Å². The fourth-order valence-electron chi connectivity index (χ4n) is 0.809. The van der Waals surface area contributed by atoms with Crippen molar-refractivity contribution in [2.24, 2.45) is 5.73 Å². The van der Waals surface area contributed by atoms with E-state index in [1.54, 1.807) is 6.07 Å². The summed E-state index contributed by atoms with van der Waals surface area (Å²) in [7, 11) is 0. The number of nitrogens with zero attached hydrogens (tertiary/aromatic N) is 1. The highest BCUT2D eigenvalue weighted by atomic mass is 35.5. The van der Waals surface area contributed by atoms with Gasteiger partial charge in [0.2, 0.25) is 5.91 Å². The monoisotopic (exact) mass is 180 g/mol. The van der Waals surface area contributed by atoms with Crippen LogP contribution >= 0.6 is 11.6 Å². The standard InChI is InChI=1S/C8H5ClN2O/c9-7-5(4-10)2-1-3-6(7)8(11)12/h1-3H,(H2,11,12). The second kappa shape index (κ2) is 3.24. The Labute approximate surface area is 74.4 Å². The lowest BCUT2D eigenvalue weighted by atomic mass is 10.1. The first-order valence-electron chi connectivity index (χ1n) is 3.15.